The summed E-state index contributed by atoms with van der Waals surface area (Å²) in [5, 5.41) is 11.6. The number of likely N-dealkylation sites (N-methyl/N-ethyl adjacent to an activating group) is 1. The van der Waals surface area contributed by atoms with Crippen LogP contribution in [0.2, 0.25) is 0 Å². The summed E-state index contributed by atoms with van der Waals surface area (Å²) in [6.07, 6.45) is 1.20. The van der Waals surface area contributed by atoms with Gasteiger partial charge in [0.05, 0.1) is 12.7 Å². The smallest absolute Gasteiger partial charge is 0.133 e. The van der Waals surface area contributed by atoms with Crippen molar-refractivity contribution in [1.29, 1.82) is 0 Å². The average molecular weight is 366 g/mol. The number of fused-ring (bicyclic) bond motifs is 1. The van der Waals surface area contributed by atoms with Gasteiger partial charge in [0.1, 0.15) is 6.10 Å². The van der Waals surface area contributed by atoms with Gasteiger partial charge in [0.15, 0.2) is 0 Å². The predicted octanol–water partition coefficient (Wildman–Crippen LogP) is 4.25. The molecule has 0 amide bonds. The molecule has 2 aromatic carbocycles. The van der Waals surface area contributed by atoms with E-state index in [1.54, 1.807) is 0 Å². The van der Waals surface area contributed by atoms with Gasteiger partial charge in [-0.05, 0) is 44.2 Å². The van der Waals surface area contributed by atoms with Crippen LogP contribution in [0.1, 0.15) is 26.3 Å². The number of aliphatic hydroxyl groups excluding tert-OH is 1. The number of ether oxygens (including phenoxy) is 1. The van der Waals surface area contributed by atoms with E-state index in [1.165, 1.54) is 22.4 Å². The highest BCUT2D eigenvalue weighted by Crippen LogP contribution is 2.20. The highest BCUT2D eigenvalue weighted by molar-refractivity contribution is 5.85. The first-order valence-electron chi connectivity index (χ1n) is 9.38. The molecule has 0 aliphatic carbocycles. The third-order valence-electron chi connectivity index (χ3n) is 4.06. The van der Waals surface area contributed by atoms with Crippen molar-refractivity contribution in [3.05, 3.63) is 60.7 Å². The Kier molecular flexibility index (Phi) is 7.62. The third-order valence-corrected chi connectivity index (χ3v) is 4.06. The Bertz CT molecular complexity index is 801. The van der Waals surface area contributed by atoms with Crippen LogP contribution >= 0.6 is 0 Å². The third kappa shape index (κ3) is 7.97. The summed E-state index contributed by atoms with van der Waals surface area (Å²) in [6.45, 7) is 12.3. The zero-order valence-electron chi connectivity index (χ0n) is 16.9. The van der Waals surface area contributed by atoms with Crippen LogP contribution in [0.4, 0.5) is 0 Å². The van der Waals surface area contributed by atoms with Gasteiger partial charge in [-0.25, -0.2) is 0 Å². The number of hydrogen-bond acceptors (Lipinski definition) is 3. The van der Waals surface area contributed by atoms with Crippen LogP contribution in [-0.4, -0.2) is 42.4 Å². The lowest BCUT2D eigenvalue weighted by atomic mass is 9.98. The van der Waals surface area contributed by atoms with Crippen LogP contribution < -0.4 is 0 Å². The molecule has 1 saturated heterocycles. The topological polar surface area (TPSA) is 36.0 Å². The molecule has 1 aliphatic heterocycles. The molecule has 27 heavy (non-hydrogen) atoms. The lowest BCUT2D eigenvalue weighted by Crippen LogP contribution is -2.22. The molecular weight excluding hydrogens is 334 g/mol. The Morgan fingerprint density at radius 3 is 2.56 bits per heavy atom. The van der Waals surface area contributed by atoms with E-state index < -0.39 is 6.10 Å². The van der Waals surface area contributed by atoms with Gasteiger partial charge in [-0.3, -0.25) is 4.90 Å². The summed E-state index contributed by atoms with van der Waals surface area (Å²) >= 11 is 0. The molecule has 0 saturated carbocycles. The van der Waals surface area contributed by atoms with Gasteiger partial charge in [-0.15, -0.1) is 0 Å². The average Bonchev–Trinajstić information content (AvgIpc) is 3.44. The minimum Gasteiger partial charge on any atom is -0.377 e. The Morgan fingerprint density at radius 1 is 1.26 bits per heavy atom. The SMILES string of the molecule is C=CC(O)C#CC(C)(C)C.CN(Cc1cccc2ccccc12)CC1CO1. The molecule has 0 bridgehead atoms. The van der Waals surface area contributed by atoms with E-state index >= 15 is 0 Å². The number of benzene rings is 2. The van der Waals surface area contributed by atoms with Crippen LogP contribution in [0.5, 0.6) is 0 Å². The van der Waals surface area contributed by atoms with Gasteiger partial charge in [0.25, 0.3) is 0 Å². The molecule has 3 rings (SSSR count). The maximum atomic E-state index is 8.93. The second kappa shape index (κ2) is 9.71. The van der Waals surface area contributed by atoms with Gasteiger partial charge in [0.2, 0.25) is 0 Å². The fourth-order valence-electron chi connectivity index (χ4n) is 2.66. The Labute approximate surface area is 163 Å². The summed E-state index contributed by atoms with van der Waals surface area (Å²) in [7, 11) is 2.16. The minimum absolute atomic E-state index is 0.0377. The van der Waals surface area contributed by atoms with Crippen LogP contribution in [0, 0.1) is 17.3 Å². The van der Waals surface area contributed by atoms with Gasteiger partial charge < -0.3 is 9.84 Å². The second-order valence-corrected chi connectivity index (χ2v) is 7.99. The van der Waals surface area contributed by atoms with E-state index in [9.17, 15) is 0 Å². The minimum atomic E-state index is -0.681. The first-order valence-corrected chi connectivity index (χ1v) is 9.38. The highest BCUT2D eigenvalue weighted by atomic mass is 16.6. The number of rotatable bonds is 5. The molecule has 1 fully saturated rings. The van der Waals surface area contributed by atoms with Gasteiger partial charge >= 0.3 is 0 Å². The van der Waals surface area contributed by atoms with E-state index in [2.05, 4.69) is 72.8 Å². The molecule has 0 aromatic heterocycles. The van der Waals surface area contributed by atoms with Crippen LogP contribution in [-0.2, 0) is 11.3 Å². The van der Waals surface area contributed by atoms with E-state index in [0.29, 0.717) is 6.10 Å². The predicted molar refractivity (Wildman–Crippen MR) is 113 cm³/mol. The van der Waals surface area contributed by atoms with Crippen LogP contribution in [0.15, 0.2) is 55.1 Å². The molecule has 0 spiro atoms. The van der Waals surface area contributed by atoms with E-state index in [-0.39, 0.29) is 5.41 Å². The Balaban J connectivity index is 0.000000227. The maximum absolute atomic E-state index is 8.93. The van der Waals surface area contributed by atoms with Crippen molar-refractivity contribution >= 4 is 10.8 Å². The zero-order valence-corrected chi connectivity index (χ0v) is 16.9. The molecule has 1 N–H and O–H groups in total. The van der Waals surface area contributed by atoms with Crippen molar-refractivity contribution in [1.82, 2.24) is 4.90 Å². The van der Waals surface area contributed by atoms with Gasteiger partial charge in [-0.1, -0.05) is 67.0 Å². The summed E-state index contributed by atoms with van der Waals surface area (Å²) in [5.41, 5.74) is 1.36. The van der Waals surface area contributed by atoms with Crippen molar-refractivity contribution in [2.75, 3.05) is 20.2 Å². The van der Waals surface area contributed by atoms with E-state index in [0.717, 1.165) is 19.7 Å². The lowest BCUT2D eigenvalue weighted by Gasteiger charge is -2.16. The van der Waals surface area contributed by atoms with Crippen molar-refractivity contribution in [2.45, 2.75) is 39.5 Å². The molecule has 1 aliphatic rings. The van der Waals surface area contributed by atoms with E-state index in [1.807, 2.05) is 20.8 Å². The summed E-state index contributed by atoms with van der Waals surface area (Å²) in [5.74, 6) is 5.56. The number of hydrogen-bond donors (Lipinski definition) is 1. The van der Waals surface area contributed by atoms with Crippen LogP contribution in [0.25, 0.3) is 10.8 Å². The van der Waals surface area contributed by atoms with Crippen molar-refractivity contribution < 1.29 is 9.84 Å². The first-order chi connectivity index (χ1) is 12.8. The molecule has 0 radical (unpaired) electrons. The van der Waals surface area contributed by atoms with Gasteiger partial charge in [0, 0.05) is 18.5 Å². The van der Waals surface area contributed by atoms with Crippen LogP contribution in [0.3, 0.4) is 0 Å². The number of epoxide rings is 1. The van der Waals surface area contributed by atoms with Crippen molar-refractivity contribution in [3.63, 3.8) is 0 Å². The summed E-state index contributed by atoms with van der Waals surface area (Å²) < 4.78 is 5.26. The Hall–Kier alpha value is -2.12. The molecule has 144 valence electrons. The molecule has 3 heteroatoms. The molecule has 2 unspecified atom stereocenters. The second-order valence-electron chi connectivity index (χ2n) is 7.99. The zero-order chi connectivity index (χ0) is 19.9. The van der Waals surface area contributed by atoms with Crippen molar-refractivity contribution in [3.8, 4) is 11.8 Å². The van der Waals surface area contributed by atoms with Gasteiger partial charge in [-0.2, -0.15) is 0 Å². The molecule has 2 atom stereocenters. The highest BCUT2D eigenvalue weighted by Gasteiger charge is 2.23. The quantitative estimate of drug-likeness (QED) is 0.489. The standard InChI is InChI=1S/C15H17NO.C9H14O/c1-16(10-14-11-17-14)9-13-7-4-6-12-5-2-3-8-15(12)13;1-5-8(10)6-7-9(2,3)4/h2-8,14H,9-11H2,1H3;5,8,10H,1H2,2-4H3. The lowest BCUT2D eigenvalue weighted by molar-refractivity contribution is 0.279. The fourth-order valence-corrected chi connectivity index (χ4v) is 2.66. The normalized spacial score (nSPS) is 16.7. The maximum Gasteiger partial charge on any atom is 0.133 e. The number of aliphatic hydroxyl groups is 1. The number of nitrogens with zero attached hydrogens (tertiary/aromatic N) is 1. The monoisotopic (exact) mass is 365 g/mol. The Morgan fingerprint density at radius 2 is 1.93 bits per heavy atom. The largest absolute Gasteiger partial charge is 0.377 e. The molecule has 1 heterocycles. The molecular formula is C24H31NO2. The first kappa shape index (κ1) is 21.2. The van der Waals surface area contributed by atoms with E-state index in [4.69, 9.17) is 9.84 Å². The summed E-state index contributed by atoms with van der Waals surface area (Å²) in [4.78, 5) is 2.33. The molecule has 2 aromatic rings. The fraction of sp³-hybridized carbons (Fsp3) is 0.417. The summed E-state index contributed by atoms with van der Waals surface area (Å²) in [6, 6.07) is 15.1. The van der Waals surface area contributed by atoms with Crippen molar-refractivity contribution in [2.24, 2.45) is 5.41 Å². The molecule has 3 nitrogen and oxygen atoms in total.